The van der Waals surface area contributed by atoms with Gasteiger partial charge in [-0.1, -0.05) is 66.7 Å². The molecule has 0 saturated heterocycles. The van der Waals surface area contributed by atoms with Crippen molar-refractivity contribution in [2.45, 2.75) is 0 Å². The molecule has 200 valence electrons. The van der Waals surface area contributed by atoms with E-state index in [4.69, 9.17) is 9.97 Å². The summed E-state index contributed by atoms with van der Waals surface area (Å²) in [6.07, 6.45) is 1.88. The number of rotatable bonds is 3. The summed E-state index contributed by atoms with van der Waals surface area (Å²) >= 11 is 3.77. The topological polar surface area (TPSA) is 30.7 Å². The highest BCUT2D eigenvalue weighted by Crippen LogP contribution is 2.53. The Bertz CT molecular complexity index is 2610. The van der Waals surface area contributed by atoms with Gasteiger partial charge in [0.2, 0.25) is 0 Å². The molecule has 43 heavy (non-hydrogen) atoms. The van der Waals surface area contributed by atoms with E-state index < -0.39 is 0 Å². The fourth-order valence-corrected chi connectivity index (χ4v) is 9.10. The molecule has 2 aliphatic rings. The number of imidazole rings is 1. The number of hydrogen-bond donors (Lipinski definition) is 0. The van der Waals surface area contributed by atoms with Crippen LogP contribution in [0.15, 0.2) is 128 Å². The molecule has 5 heteroatoms. The lowest BCUT2D eigenvalue weighted by molar-refractivity contribution is 1.12. The predicted molar refractivity (Wildman–Crippen MR) is 183 cm³/mol. The van der Waals surface area contributed by atoms with Crippen LogP contribution in [0, 0.1) is 0 Å². The van der Waals surface area contributed by atoms with E-state index >= 15 is 0 Å². The third-order valence-corrected chi connectivity index (χ3v) is 10.9. The zero-order chi connectivity index (χ0) is 28.1. The van der Waals surface area contributed by atoms with Gasteiger partial charge in [-0.05, 0) is 60.0 Å². The van der Waals surface area contributed by atoms with Crippen molar-refractivity contribution >= 4 is 74.1 Å². The van der Waals surface area contributed by atoms with Crippen molar-refractivity contribution in [1.82, 2.24) is 14.5 Å². The van der Waals surface area contributed by atoms with Gasteiger partial charge in [0.25, 0.3) is 0 Å². The molecule has 0 unspecified atom stereocenters. The average molecular weight is 584 g/mol. The molecular weight excluding hydrogens is 563 g/mol. The van der Waals surface area contributed by atoms with Crippen LogP contribution in [0.2, 0.25) is 0 Å². The summed E-state index contributed by atoms with van der Waals surface area (Å²) in [4.78, 5) is 9.84. The number of nitrogens with zero attached hydrogens (tertiary/aromatic N) is 3. The number of fused-ring (bicyclic) bond motifs is 1. The van der Waals surface area contributed by atoms with E-state index in [2.05, 4.69) is 120 Å². The van der Waals surface area contributed by atoms with Gasteiger partial charge in [0, 0.05) is 63.4 Å². The molecule has 0 spiro atoms. The summed E-state index contributed by atoms with van der Waals surface area (Å²) < 4.78 is 7.60. The van der Waals surface area contributed by atoms with Gasteiger partial charge in [-0.25, -0.2) is 4.98 Å². The molecule has 0 amide bonds. The SMILES string of the molecule is c1ccc(-c2nc3ccccc3n2-c2ccc3sc4ccc5c(-c6ccccn6)ccc6sc7ccc2c3c7-c4c65)cc1. The van der Waals surface area contributed by atoms with Crippen molar-refractivity contribution in [3.63, 3.8) is 0 Å². The van der Waals surface area contributed by atoms with Crippen LogP contribution in [0.25, 0.3) is 90.8 Å². The lowest BCUT2D eigenvalue weighted by Gasteiger charge is -2.23. The maximum Gasteiger partial charge on any atom is 0.145 e. The van der Waals surface area contributed by atoms with Gasteiger partial charge < -0.3 is 0 Å². The maximum atomic E-state index is 5.14. The molecule has 10 rings (SSSR count). The Morgan fingerprint density at radius 1 is 0.535 bits per heavy atom. The molecule has 0 bridgehead atoms. The van der Waals surface area contributed by atoms with Crippen molar-refractivity contribution in [2.75, 3.05) is 0 Å². The molecule has 0 aliphatic carbocycles. The van der Waals surface area contributed by atoms with E-state index in [-0.39, 0.29) is 0 Å². The first-order valence-corrected chi connectivity index (χ1v) is 16.0. The van der Waals surface area contributed by atoms with Crippen LogP contribution in [-0.4, -0.2) is 14.5 Å². The summed E-state index contributed by atoms with van der Waals surface area (Å²) in [6, 6.07) is 43.5. The Balaban J connectivity index is 1.33. The molecule has 8 aromatic rings. The van der Waals surface area contributed by atoms with E-state index in [0.717, 1.165) is 33.8 Å². The number of benzene rings is 6. The summed E-state index contributed by atoms with van der Waals surface area (Å²) in [5.74, 6) is 0.959. The molecule has 0 saturated carbocycles. The van der Waals surface area contributed by atoms with Crippen molar-refractivity contribution in [2.24, 2.45) is 0 Å². The molecule has 2 aliphatic heterocycles. The second-order valence-corrected chi connectivity index (χ2v) is 13.1. The summed E-state index contributed by atoms with van der Waals surface area (Å²) in [5.41, 5.74) is 9.28. The van der Waals surface area contributed by atoms with Gasteiger partial charge in [0.05, 0.1) is 22.4 Å². The summed E-state index contributed by atoms with van der Waals surface area (Å²) in [5, 5.41) is 5.18. The normalized spacial score (nSPS) is 12.2. The van der Waals surface area contributed by atoms with E-state index in [1.165, 1.54) is 57.0 Å². The highest BCUT2D eigenvalue weighted by molar-refractivity contribution is 7.27. The van der Waals surface area contributed by atoms with Crippen LogP contribution < -0.4 is 0 Å². The number of para-hydroxylation sites is 2. The van der Waals surface area contributed by atoms with Gasteiger partial charge in [0.15, 0.2) is 0 Å². The van der Waals surface area contributed by atoms with Gasteiger partial charge in [-0.2, -0.15) is 0 Å². The molecule has 0 fully saturated rings. The Kier molecular flexibility index (Phi) is 4.75. The monoisotopic (exact) mass is 583 g/mol. The van der Waals surface area contributed by atoms with Crippen LogP contribution in [0.5, 0.6) is 0 Å². The number of hydrogen-bond acceptors (Lipinski definition) is 4. The zero-order valence-corrected chi connectivity index (χ0v) is 24.4. The third-order valence-electron chi connectivity index (χ3n) is 8.65. The lowest BCUT2D eigenvalue weighted by atomic mass is 9.90. The van der Waals surface area contributed by atoms with Crippen LogP contribution in [0.3, 0.4) is 0 Å². The highest BCUT2D eigenvalue weighted by Gasteiger charge is 2.25. The Morgan fingerprint density at radius 3 is 2.00 bits per heavy atom. The molecule has 3 nitrogen and oxygen atoms in total. The fourth-order valence-electron chi connectivity index (χ4n) is 6.84. The van der Waals surface area contributed by atoms with Crippen molar-refractivity contribution < 1.29 is 0 Å². The maximum absolute atomic E-state index is 5.14. The first kappa shape index (κ1) is 23.5. The molecule has 6 aromatic carbocycles. The molecule has 0 N–H and O–H groups in total. The molecule has 2 aromatic heterocycles. The molecule has 0 radical (unpaired) electrons. The Labute approximate surface area is 254 Å². The van der Waals surface area contributed by atoms with Crippen LogP contribution in [0.4, 0.5) is 0 Å². The molecular formula is C38H21N3S2. The van der Waals surface area contributed by atoms with Crippen LogP contribution in [-0.2, 0) is 0 Å². The molecule has 0 atom stereocenters. The third kappa shape index (κ3) is 3.23. The first-order chi connectivity index (χ1) is 21.3. The highest BCUT2D eigenvalue weighted by atomic mass is 32.1. The largest absolute Gasteiger partial charge is 0.292 e. The van der Waals surface area contributed by atoms with E-state index in [9.17, 15) is 0 Å². The van der Waals surface area contributed by atoms with Crippen molar-refractivity contribution in [3.8, 4) is 39.5 Å². The van der Waals surface area contributed by atoms with Gasteiger partial charge in [0.1, 0.15) is 5.82 Å². The quantitative estimate of drug-likeness (QED) is 0.153. The minimum Gasteiger partial charge on any atom is -0.292 e. The number of aromatic nitrogens is 3. The standard InChI is InChI=1S/C38H21N3S2/c1-2-8-22(9-3-1)38-40-27-11-4-5-12-29(27)41(38)28-16-20-31-35-25(28)15-19-33-37(35)36-32(43-31)18-14-24-23(26-10-6-7-21-39-26)13-17-30(42-33)34(24)36/h1-21H. The average Bonchev–Trinajstić information content (AvgIpc) is 3.46. The second kappa shape index (κ2) is 8.71. The fraction of sp³-hybridized carbons (Fsp3) is 0. The van der Waals surface area contributed by atoms with Crippen molar-refractivity contribution in [3.05, 3.63) is 128 Å². The lowest BCUT2D eigenvalue weighted by Crippen LogP contribution is -2.00. The summed E-state index contributed by atoms with van der Waals surface area (Å²) in [6.45, 7) is 0. The Morgan fingerprint density at radius 2 is 1.21 bits per heavy atom. The predicted octanol–water partition coefficient (Wildman–Crippen LogP) is 11.0. The van der Waals surface area contributed by atoms with Crippen molar-refractivity contribution in [1.29, 1.82) is 0 Å². The zero-order valence-electron chi connectivity index (χ0n) is 22.8. The first-order valence-electron chi connectivity index (χ1n) is 14.3. The number of pyridine rings is 1. The summed E-state index contributed by atoms with van der Waals surface area (Å²) in [7, 11) is 0. The van der Waals surface area contributed by atoms with E-state index in [1.807, 2.05) is 34.9 Å². The van der Waals surface area contributed by atoms with Gasteiger partial charge in [-0.3, -0.25) is 9.55 Å². The molecule has 4 heterocycles. The Hall–Kier alpha value is -5.10. The smallest absolute Gasteiger partial charge is 0.145 e. The van der Waals surface area contributed by atoms with Crippen LogP contribution in [0.1, 0.15) is 0 Å². The van der Waals surface area contributed by atoms with E-state index in [1.54, 1.807) is 0 Å². The van der Waals surface area contributed by atoms with E-state index in [0.29, 0.717) is 0 Å². The van der Waals surface area contributed by atoms with Gasteiger partial charge in [-0.15, -0.1) is 22.7 Å². The second-order valence-electron chi connectivity index (χ2n) is 11.0. The van der Waals surface area contributed by atoms with Gasteiger partial charge >= 0.3 is 0 Å². The van der Waals surface area contributed by atoms with Crippen LogP contribution >= 0.6 is 22.7 Å². The minimum atomic E-state index is 0.959. The minimum absolute atomic E-state index is 0.959.